The zero-order chi connectivity index (χ0) is 22.4. The first-order valence-electron chi connectivity index (χ1n) is 10.3. The predicted octanol–water partition coefficient (Wildman–Crippen LogP) is 3.75. The SMILES string of the molecule is CCCN1CCC(NC(=O)c2ccc(Cl)c(S(=O)(=O)Nc3ccccc3OC)c2)CC1. The highest BCUT2D eigenvalue weighted by Crippen LogP contribution is 2.29. The number of hydrogen-bond donors (Lipinski definition) is 2. The first kappa shape index (κ1) is 23.4. The Labute approximate surface area is 188 Å². The first-order valence-corrected chi connectivity index (χ1v) is 12.2. The summed E-state index contributed by atoms with van der Waals surface area (Å²) in [4.78, 5) is 15.0. The number of methoxy groups -OCH3 is 1. The van der Waals surface area contributed by atoms with Crippen molar-refractivity contribution in [1.29, 1.82) is 0 Å². The van der Waals surface area contributed by atoms with E-state index in [4.69, 9.17) is 16.3 Å². The second kappa shape index (κ2) is 10.3. The van der Waals surface area contributed by atoms with Crippen molar-refractivity contribution in [2.24, 2.45) is 0 Å². The van der Waals surface area contributed by atoms with Gasteiger partial charge in [-0.2, -0.15) is 0 Å². The van der Waals surface area contributed by atoms with Gasteiger partial charge in [0.15, 0.2) is 0 Å². The molecule has 1 heterocycles. The van der Waals surface area contributed by atoms with E-state index in [1.807, 2.05) is 0 Å². The number of ether oxygens (including phenoxy) is 1. The molecule has 1 aliphatic heterocycles. The number of halogens is 1. The lowest BCUT2D eigenvalue weighted by molar-refractivity contribution is 0.0911. The summed E-state index contributed by atoms with van der Waals surface area (Å²) in [5.74, 6) is 0.0739. The fourth-order valence-corrected chi connectivity index (χ4v) is 5.26. The molecule has 1 aliphatic rings. The van der Waals surface area contributed by atoms with Gasteiger partial charge < -0.3 is 15.0 Å². The third-order valence-electron chi connectivity index (χ3n) is 5.30. The van der Waals surface area contributed by atoms with Gasteiger partial charge >= 0.3 is 0 Å². The molecule has 0 aliphatic carbocycles. The molecule has 0 radical (unpaired) electrons. The Morgan fingerprint density at radius 1 is 1.19 bits per heavy atom. The number of sulfonamides is 1. The Bertz CT molecular complexity index is 1020. The number of hydrogen-bond acceptors (Lipinski definition) is 5. The molecule has 3 rings (SSSR count). The van der Waals surface area contributed by atoms with Crippen LogP contribution in [0.2, 0.25) is 5.02 Å². The van der Waals surface area contributed by atoms with Crippen LogP contribution in [0.3, 0.4) is 0 Å². The minimum absolute atomic E-state index is 0.0341. The van der Waals surface area contributed by atoms with Crippen LogP contribution < -0.4 is 14.8 Å². The van der Waals surface area contributed by atoms with E-state index in [2.05, 4.69) is 21.9 Å². The average molecular weight is 466 g/mol. The fourth-order valence-electron chi connectivity index (χ4n) is 3.67. The van der Waals surface area contributed by atoms with Gasteiger partial charge in [0.2, 0.25) is 0 Å². The Hall–Kier alpha value is -2.29. The molecule has 0 aromatic heterocycles. The van der Waals surface area contributed by atoms with Gasteiger partial charge in [-0.1, -0.05) is 30.7 Å². The van der Waals surface area contributed by atoms with Gasteiger partial charge in [0.1, 0.15) is 10.6 Å². The summed E-state index contributed by atoms with van der Waals surface area (Å²) in [7, 11) is -2.57. The van der Waals surface area contributed by atoms with Gasteiger partial charge in [-0.3, -0.25) is 9.52 Å². The molecule has 31 heavy (non-hydrogen) atoms. The molecular formula is C22H28ClN3O4S. The molecule has 0 spiro atoms. The van der Waals surface area contributed by atoms with Crippen molar-refractivity contribution in [3.8, 4) is 5.75 Å². The molecule has 1 fully saturated rings. The number of nitrogens with zero attached hydrogens (tertiary/aromatic N) is 1. The fraction of sp³-hybridized carbons (Fsp3) is 0.409. The molecule has 2 aromatic carbocycles. The first-order chi connectivity index (χ1) is 14.8. The second-order valence-corrected chi connectivity index (χ2v) is 9.60. The van der Waals surface area contributed by atoms with E-state index in [0.717, 1.165) is 38.9 Å². The van der Waals surface area contributed by atoms with Crippen LogP contribution >= 0.6 is 11.6 Å². The lowest BCUT2D eigenvalue weighted by Gasteiger charge is -2.32. The Morgan fingerprint density at radius 3 is 2.58 bits per heavy atom. The highest BCUT2D eigenvalue weighted by Gasteiger charge is 2.24. The Kier molecular flexibility index (Phi) is 7.80. The molecule has 0 atom stereocenters. The average Bonchev–Trinajstić information content (AvgIpc) is 2.75. The summed E-state index contributed by atoms with van der Waals surface area (Å²) in [5.41, 5.74) is 0.538. The largest absolute Gasteiger partial charge is 0.495 e. The van der Waals surface area contributed by atoms with E-state index in [9.17, 15) is 13.2 Å². The maximum absolute atomic E-state index is 13.0. The summed E-state index contributed by atoms with van der Waals surface area (Å²) in [6, 6.07) is 11.0. The van der Waals surface area contributed by atoms with Crippen LogP contribution in [-0.2, 0) is 10.0 Å². The Morgan fingerprint density at radius 2 is 1.90 bits per heavy atom. The standard InChI is InChI=1S/C22H28ClN3O4S/c1-3-12-26-13-10-17(11-14-26)24-22(27)16-8-9-18(23)21(15-16)31(28,29)25-19-6-4-5-7-20(19)30-2/h4-9,15,17,25H,3,10-14H2,1-2H3,(H,24,27). The third kappa shape index (κ3) is 5.90. The van der Waals surface area contributed by atoms with Gasteiger partial charge in [0, 0.05) is 24.7 Å². The van der Waals surface area contributed by atoms with Crippen molar-refractivity contribution < 1.29 is 17.9 Å². The summed E-state index contributed by atoms with van der Waals surface area (Å²) in [6.07, 6.45) is 2.86. The molecule has 1 amide bonds. The quantitative estimate of drug-likeness (QED) is 0.619. The summed E-state index contributed by atoms with van der Waals surface area (Å²) < 4.78 is 33.6. The van der Waals surface area contributed by atoms with Crippen molar-refractivity contribution >= 4 is 33.2 Å². The molecule has 1 saturated heterocycles. The molecule has 2 aromatic rings. The van der Waals surface area contributed by atoms with Gasteiger partial charge in [0.25, 0.3) is 15.9 Å². The maximum atomic E-state index is 13.0. The molecule has 9 heteroatoms. The van der Waals surface area contributed by atoms with Crippen molar-refractivity contribution in [2.45, 2.75) is 37.1 Å². The van der Waals surface area contributed by atoms with Crippen LogP contribution in [0.25, 0.3) is 0 Å². The molecule has 7 nitrogen and oxygen atoms in total. The van der Waals surface area contributed by atoms with Crippen LogP contribution in [0.15, 0.2) is 47.4 Å². The smallest absolute Gasteiger partial charge is 0.263 e. The maximum Gasteiger partial charge on any atom is 0.263 e. The van der Waals surface area contributed by atoms with Crippen LogP contribution in [-0.4, -0.2) is 52.0 Å². The molecule has 0 unspecified atom stereocenters. The predicted molar refractivity (Wildman–Crippen MR) is 122 cm³/mol. The van der Waals surface area contributed by atoms with E-state index in [1.54, 1.807) is 24.3 Å². The van der Waals surface area contributed by atoms with Gasteiger partial charge in [-0.05, 0) is 56.1 Å². The van der Waals surface area contributed by atoms with E-state index in [0.29, 0.717) is 5.75 Å². The summed E-state index contributed by atoms with van der Waals surface area (Å²) in [6.45, 7) is 5.12. The topological polar surface area (TPSA) is 87.7 Å². The van der Waals surface area contributed by atoms with E-state index in [-0.39, 0.29) is 33.1 Å². The van der Waals surface area contributed by atoms with Crippen molar-refractivity contribution in [2.75, 3.05) is 31.5 Å². The number of carbonyl (C=O) groups is 1. The number of piperidine rings is 1. The van der Waals surface area contributed by atoms with Crippen LogP contribution in [0, 0.1) is 0 Å². The van der Waals surface area contributed by atoms with E-state index < -0.39 is 10.0 Å². The minimum Gasteiger partial charge on any atom is -0.495 e. The van der Waals surface area contributed by atoms with Crippen LogP contribution in [0.5, 0.6) is 5.75 Å². The molecule has 0 saturated carbocycles. The van der Waals surface area contributed by atoms with Gasteiger partial charge in [-0.25, -0.2) is 8.42 Å². The molecule has 168 valence electrons. The highest BCUT2D eigenvalue weighted by molar-refractivity contribution is 7.92. The monoisotopic (exact) mass is 465 g/mol. The number of anilines is 1. The van der Waals surface area contributed by atoms with Gasteiger partial charge in [0.05, 0.1) is 17.8 Å². The lowest BCUT2D eigenvalue weighted by Crippen LogP contribution is -2.44. The van der Waals surface area contributed by atoms with E-state index >= 15 is 0 Å². The number of para-hydroxylation sites is 2. The number of amides is 1. The number of rotatable bonds is 8. The lowest BCUT2D eigenvalue weighted by atomic mass is 10.0. The van der Waals surface area contributed by atoms with E-state index in [1.165, 1.54) is 25.3 Å². The number of likely N-dealkylation sites (tertiary alicyclic amines) is 1. The number of nitrogens with one attached hydrogen (secondary N) is 2. The zero-order valence-corrected chi connectivity index (χ0v) is 19.3. The van der Waals surface area contributed by atoms with Crippen LogP contribution in [0.4, 0.5) is 5.69 Å². The zero-order valence-electron chi connectivity index (χ0n) is 17.7. The normalized spacial score (nSPS) is 15.5. The molecular weight excluding hydrogens is 438 g/mol. The van der Waals surface area contributed by atoms with Crippen molar-refractivity contribution in [1.82, 2.24) is 10.2 Å². The number of carbonyl (C=O) groups excluding carboxylic acids is 1. The summed E-state index contributed by atoms with van der Waals surface area (Å²) in [5, 5.41) is 3.05. The second-order valence-electron chi connectivity index (χ2n) is 7.54. The van der Waals surface area contributed by atoms with Crippen LogP contribution in [0.1, 0.15) is 36.5 Å². The van der Waals surface area contributed by atoms with Gasteiger partial charge in [-0.15, -0.1) is 0 Å². The van der Waals surface area contributed by atoms with Crippen molar-refractivity contribution in [3.05, 3.63) is 53.1 Å². The minimum atomic E-state index is -4.03. The van der Waals surface area contributed by atoms with Crippen molar-refractivity contribution in [3.63, 3.8) is 0 Å². The summed E-state index contributed by atoms with van der Waals surface area (Å²) >= 11 is 6.18. The number of benzene rings is 2. The molecule has 0 bridgehead atoms. The Balaban J connectivity index is 1.74. The third-order valence-corrected chi connectivity index (χ3v) is 7.14. The highest BCUT2D eigenvalue weighted by atomic mass is 35.5. The molecule has 2 N–H and O–H groups in total.